The Morgan fingerprint density at radius 2 is 0.800 bits per heavy atom. The number of rotatable bonds is 0. The molecule has 0 bridgehead atoms. The number of hydrogen-bond acceptors (Lipinski definition) is 0. The average molecular weight is 415 g/mol. The Morgan fingerprint density at radius 1 is 0.800 bits per heavy atom. The van der Waals surface area contributed by atoms with Gasteiger partial charge in [0, 0.05) is 0 Å². The van der Waals surface area contributed by atoms with Gasteiger partial charge < -0.3 is 12.4 Å². The van der Waals surface area contributed by atoms with Crippen molar-refractivity contribution in [2.75, 3.05) is 0 Å². The summed E-state index contributed by atoms with van der Waals surface area (Å²) in [5, 5.41) is 0. The summed E-state index contributed by atoms with van der Waals surface area (Å²) in [7, 11) is -1.14. The molecule has 0 unspecified atom stereocenters. The standard InChI is InChI=1S/C3H9ClSi.C3H9ISi.3CH4.ClH.Na/c2*1-5(2,3)4;;;;;/h2*1-3H3;3*1H4;1H;/q;;;;;;+1/p-1. The largest absolute Gasteiger partial charge is 1.00 e. The third-order valence-corrected chi connectivity index (χ3v) is 0. The molecule has 0 saturated heterocycles. The van der Waals surface area contributed by atoms with Crippen molar-refractivity contribution in [3.05, 3.63) is 0 Å². The molecule has 0 fully saturated rings. The van der Waals surface area contributed by atoms with Crippen LogP contribution in [0.4, 0.5) is 0 Å². The Kier molecular flexibility index (Phi) is 54.9. The molecule has 0 rings (SSSR count). The summed E-state index contributed by atoms with van der Waals surface area (Å²) in [4.78, 5) is 0. The molecule has 6 heteroatoms. The van der Waals surface area contributed by atoms with Gasteiger partial charge in [0.15, 0.2) is 0 Å². The van der Waals surface area contributed by atoms with Gasteiger partial charge in [-0.15, -0.1) is 21.8 Å². The van der Waals surface area contributed by atoms with Crippen LogP contribution in [0, 0.1) is 0 Å². The van der Waals surface area contributed by atoms with Crippen molar-refractivity contribution in [2.45, 2.75) is 61.6 Å². The van der Waals surface area contributed by atoms with E-state index in [9.17, 15) is 0 Å². The first-order valence-electron chi connectivity index (χ1n) is 3.38. The molecule has 0 amide bonds. The predicted octanol–water partition coefficient (Wildman–Crippen LogP) is 0.233. The second-order valence-corrected chi connectivity index (χ2v) is 25.5. The maximum atomic E-state index is 5.67. The Balaban J connectivity index is -0.0000000128. The Labute approximate surface area is 147 Å². The van der Waals surface area contributed by atoms with E-state index in [-0.39, 0.29) is 64.2 Å². The zero-order chi connectivity index (χ0) is 9.00. The molecule has 0 aromatic carbocycles. The van der Waals surface area contributed by atoms with Crippen LogP contribution >= 0.6 is 32.9 Å². The van der Waals surface area contributed by atoms with Gasteiger partial charge in [-0.1, -0.05) is 61.6 Å². The minimum absolute atomic E-state index is 0. The van der Waals surface area contributed by atoms with Gasteiger partial charge in [-0.3, -0.25) is 0 Å². The van der Waals surface area contributed by atoms with Crippen molar-refractivity contribution in [2.24, 2.45) is 0 Å². The van der Waals surface area contributed by atoms with Crippen LogP contribution in [-0.4, -0.2) is 13.0 Å². The van der Waals surface area contributed by atoms with E-state index in [2.05, 4.69) is 61.1 Å². The molecule has 0 spiro atoms. The molecule has 0 saturated carbocycles. The summed E-state index contributed by atoms with van der Waals surface area (Å²) >= 11 is 8.19. The first-order chi connectivity index (χ1) is 4.00. The summed E-state index contributed by atoms with van der Waals surface area (Å²) in [6.07, 6.45) is 0. The third-order valence-electron chi connectivity index (χ3n) is 0. The summed E-state index contributed by atoms with van der Waals surface area (Å²) < 4.78 is 0. The van der Waals surface area contributed by atoms with E-state index in [0.29, 0.717) is 0 Å². The predicted molar refractivity (Wildman–Crippen MR) is 86.8 cm³/mol. The van der Waals surface area contributed by atoms with Crippen LogP contribution in [0.3, 0.4) is 0 Å². The van der Waals surface area contributed by atoms with Gasteiger partial charge in [0.05, 0.1) is 0 Å². The summed E-state index contributed by atoms with van der Waals surface area (Å²) in [5.74, 6) is 0. The zero-order valence-electron chi connectivity index (χ0n) is 9.13. The molecule has 0 aliphatic heterocycles. The average Bonchev–Trinajstić information content (AvgIpc) is 1.12. The fourth-order valence-corrected chi connectivity index (χ4v) is 0. The van der Waals surface area contributed by atoms with Crippen molar-refractivity contribution in [1.82, 2.24) is 0 Å². The van der Waals surface area contributed by atoms with Gasteiger partial charge in [-0.05, 0) is 0 Å². The number of hydrogen-bond donors (Lipinski definition) is 0. The first-order valence-corrected chi connectivity index (χ1v) is 14.5. The van der Waals surface area contributed by atoms with Crippen molar-refractivity contribution in [3.63, 3.8) is 0 Å². The molecule has 0 radical (unpaired) electrons. The van der Waals surface area contributed by atoms with Gasteiger partial charge in [0.2, 0.25) is 0 Å². The molecule has 0 nitrogen and oxygen atoms in total. The van der Waals surface area contributed by atoms with E-state index >= 15 is 0 Å². The smallest absolute Gasteiger partial charge is 1.00 e. The van der Waals surface area contributed by atoms with E-state index in [1.165, 1.54) is 0 Å². The molecule has 0 aromatic rings. The molecule has 0 aromatic heterocycles. The topological polar surface area (TPSA) is 0 Å². The zero-order valence-corrected chi connectivity index (χ0v) is 16.8. The SMILES string of the molecule is C.C.C.C[Si](C)(C)Cl.C[Si](C)(C)I.[Cl-].[Na+]. The van der Waals surface area contributed by atoms with Crippen LogP contribution in [0.2, 0.25) is 39.3 Å². The molecule has 0 aliphatic carbocycles. The summed E-state index contributed by atoms with van der Waals surface area (Å²) in [5.41, 5.74) is -0.641. The van der Waals surface area contributed by atoms with Gasteiger partial charge in [-0.25, -0.2) is 0 Å². The minimum atomic E-state index is -1.14. The van der Waals surface area contributed by atoms with Crippen molar-refractivity contribution in [3.8, 4) is 0 Å². The molecule has 0 N–H and O–H groups in total. The second kappa shape index (κ2) is 19.1. The normalized spacial score (nSPS) is 8.00. The molecule has 15 heavy (non-hydrogen) atoms. The Morgan fingerprint density at radius 3 is 0.800 bits per heavy atom. The van der Waals surface area contributed by atoms with E-state index in [0.717, 1.165) is 0 Å². The summed E-state index contributed by atoms with van der Waals surface area (Å²) in [6, 6.07) is 0. The van der Waals surface area contributed by atoms with Gasteiger partial charge in [0.25, 0.3) is 0 Å². The maximum absolute atomic E-state index is 5.67. The molecule has 0 atom stereocenters. The van der Waals surface area contributed by atoms with Crippen molar-refractivity contribution in [1.29, 1.82) is 0 Å². The van der Waals surface area contributed by atoms with Crippen LogP contribution in [0.5, 0.6) is 0 Å². The van der Waals surface area contributed by atoms with Crippen LogP contribution in [0.1, 0.15) is 22.3 Å². The molecular weight excluding hydrogens is 385 g/mol. The number of halogens is 3. The van der Waals surface area contributed by atoms with Crippen LogP contribution in [0.25, 0.3) is 0 Å². The Bertz CT molecular complexity index is 69.1. The van der Waals surface area contributed by atoms with E-state index < -0.39 is 13.0 Å². The van der Waals surface area contributed by atoms with Crippen LogP contribution in [0.15, 0.2) is 0 Å². The second-order valence-electron chi connectivity index (χ2n) is 4.13. The fraction of sp³-hybridized carbons (Fsp3) is 1.00. The monoisotopic (exact) mass is 414 g/mol. The van der Waals surface area contributed by atoms with E-state index in [1.54, 1.807) is 0 Å². The van der Waals surface area contributed by atoms with Gasteiger partial charge in [-0.2, -0.15) is 11.1 Å². The molecular formula is C9H30Cl2INaSi2. The van der Waals surface area contributed by atoms with E-state index in [4.69, 9.17) is 11.1 Å². The van der Waals surface area contributed by atoms with Crippen molar-refractivity contribution < 1.29 is 42.0 Å². The first kappa shape index (κ1) is 43.1. The summed E-state index contributed by atoms with van der Waals surface area (Å²) in [6.45, 7) is 13.2. The van der Waals surface area contributed by atoms with Gasteiger partial charge in [0.1, 0.15) is 13.0 Å². The fourth-order valence-electron chi connectivity index (χ4n) is 0. The quantitative estimate of drug-likeness (QED) is 0.302. The molecule has 0 aliphatic rings. The van der Waals surface area contributed by atoms with Crippen molar-refractivity contribution >= 4 is 45.8 Å². The third kappa shape index (κ3) is 483. The van der Waals surface area contributed by atoms with Crippen LogP contribution in [-0.2, 0) is 0 Å². The minimum Gasteiger partial charge on any atom is -1.00 e. The van der Waals surface area contributed by atoms with Crippen LogP contribution < -0.4 is 42.0 Å². The maximum Gasteiger partial charge on any atom is 1.00 e. The molecule has 0 heterocycles. The van der Waals surface area contributed by atoms with Gasteiger partial charge >= 0.3 is 29.6 Å². The van der Waals surface area contributed by atoms with E-state index in [1.807, 2.05) is 0 Å². The molecule has 96 valence electrons. The Hall–Kier alpha value is 2.74.